The van der Waals surface area contributed by atoms with Crippen LogP contribution in [-0.2, 0) is 27.2 Å². The van der Waals surface area contributed by atoms with Crippen LogP contribution in [0.4, 0.5) is 5.13 Å². The van der Waals surface area contributed by atoms with Crippen LogP contribution in [0.25, 0.3) is 10.9 Å². The SMILES string of the molecule is COC(=O)CCC(=O)Nc1nc2c(s1)C[C@@H](NC(=O)c1cc3ccccc3[nH]1)CC2. The van der Waals surface area contributed by atoms with Crippen molar-refractivity contribution in [3.63, 3.8) is 0 Å². The molecule has 9 heteroatoms. The summed E-state index contributed by atoms with van der Waals surface area (Å²) < 4.78 is 4.54. The van der Waals surface area contributed by atoms with Gasteiger partial charge in [0, 0.05) is 34.7 Å². The van der Waals surface area contributed by atoms with Gasteiger partial charge in [-0.25, -0.2) is 4.98 Å². The third kappa shape index (κ3) is 4.51. The van der Waals surface area contributed by atoms with Crippen molar-refractivity contribution in [2.24, 2.45) is 0 Å². The number of carbonyl (C=O) groups is 3. The number of aromatic amines is 1. The smallest absolute Gasteiger partial charge is 0.306 e. The molecule has 0 aliphatic heterocycles. The van der Waals surface area contributed by atoms with Gasteiger partial charge in [0.05, 0.1) is 19.2 Å². The van der Waals surface area contributed by atoms with Gasteiger partial charge in [0.1, 0.15) is 5.69 Å². The molecule has 0 spiro atoms. The molecule has 3 N–H and O–H groups in total. The minimum absolute atomic E-state index is 0.0136. The molecule has 0 bridgehead atoms. The second-order valence-corrected chi connectivity index (χ2v) is 8.28. The van der Waals surface area contributed by atoms with Gasteiger partial charge >= 0.3 is 5.97 Å². The highest BCUT2D eigenvalue weighted by molar-refractivity contribution is 7.15. The zero-order chi connectivity index (χ0) is 21.1. The lowest BCUT2D eigenvalue weighted by Crippen LogP contribution is -2.38. The summed E-state index contributed by atoms with van der Waals surface area (Å²) in [5, 5.41) is 7.37. The van der Waals surface area contributed by atoms with E-state index >= 15 is 0 Å². The van der Waals surface area contributed by atoms with Crippen LogP contribution in [0.3, 0.4) is 0 Å². The van der Waals surface area contributed by atoms with Gasteiger partial charge in [-0.05, 0) is 25.0 Å². The predicted molar refractivity (Wildman–Crippen MR) is 114 cm³/mol. The number of carbonyl (C=O) groups excluding carboxylic acids is 3. The second-order valence-electron chi connectivity index (χ2n) is 7.20. The number of nitrogens with one attached hydrogen (secondary N) is 3. The Morgan fingerprint density at radius 1 is 1.27 bits per heavy atom. The molecule has 2 heterocycles. The van der Waals surface area contributed by atoms with E-state index in [2.05, 4.69) is 25.3 Å². The van der Waals surface area contributed by atoms with Crippen LogP contribution in [0.5, 0.6) is 0 Å². The summed E-state index contributed by atoms with van der Waals surface area (Å²) in [6, 6.07) is 9.65. The van der Waals surface area contributed by atoms with Crippen LogP contribution >= 0.6 is 11.3 Å². The van der Waals surface area contributed by atoms with E-state index in [0.717, 1.165) is 34.3 Å². The number of H-pyrrole nitrogens is 1. The summed E-state index contributed by atoms with van der Waals surface area (Å²) in [5.74, 6) is -0.812. The number of para-hydroxylation sites is 1. The van der Waals surface area contributed by atoms with E-state index in [9.17, 15) is 14.4 Å². The summed E-state index contributed by atoms with van der Waals surface area (Å²) in [7, 11) is 1.29. The molecule has 1 aliphatic carbocycles. The van der Waals surface area contributed by atoms with Crippen molar-refractivity contribution in [1.82, 2.24) is 15.3 Å². The maximum absolute atomic E-state index is 12.6. The highest BCUT2D eigenvalue weighted by atomic mass is 32.1. The maximum Gasteiger partial charge on any atom is 0.306 e. The molecule has 8 nitrogen and oxygen atoms in total. The Morgan fingerprint density at radius 3 is 2.90 bits per heavy atom. The summed E-state index contributed by atoms with van der Waals surface area (Å²) in [6.07, 6.45) is 2.30. The Morgan fingerprint density at radius 2 is 2.10 bits per heavy atom. The number of nitrogens with zero attached hydrogens (tertiary/aromatic N) is 1. The first kappa shape index (κ1) is 20.1. The summed E-state index contributed by atoms with van der Waals surface area (Å²) >= 11 is 1.42. The summed E-state index contributed by atoms with van der Waals surface area (Å²) in [4.78, 5) is 44.5. The van der Waals surface area contributed by atoms with Gasteiger partial charge in [-0.2, -0.15) is 0 Å². The van der Waals surface area contributed by atoms with E-state index in [0.29, 0.717) is 17.2 Å². The van der Waals surface area contributed by atoms with Gasteiger partial charge in [-0.1, -0.05) is 18.2 Å². The first-order chi connectivity index (χ1) is 14.5. The fourth-order valence-electron chi connectivity index (χ4n) is 3.51. The normalized spacial score (nSPS) is 15.4. The molecule has 1 aliphatic rings. The van der Waals surface area contributed by atoms with Crippen molar-refractivity contribution in [3.8, 4) is 0 Å². The molecule has 0 unspecified atom stereocenters. The van der Waals surface area contributed by atoms with Crippen molar-refractivity contribution < 1.29 is 19.1 Å². The lowest BCUT2D eigenvalue weighted by molar-refractivity contribution is -0.141. The third-order valence-corrected chi connectivity index (χ3v) is 6.12. The van der Waals surface area contributed by atoms with Crippen molar-refractivity contribution in [3.05, 3.63) is 46.6 Å². The van der Waals surface area contributed by atoms with Gasteiger partial charge in [0.15, 0.2) is 5.13 Å². The van der Waals surface area contributed by atoms with Crippen LogP contribution in [0, 0.1) is 0 Å². The first-order valence-electron chi connectivity index (χ1n) is 9.75. The molecule has 2 aromatic heterocycles. The Kier molecular flexibility index (Phi) is 5.80. The van der Waals surface area contributed by atoms with E-state index < -0.39 is 5.97 Å². The lowest BCUT2D eigenvalue weighted by atomic mass is 9.97. The fourth-order valence-corrected chi connectivity index (χ4v) is 4.61. The van der Waals surface area contributed by atoms with Crippen LogP contribution < -0.4 is 10.6 Å². The Labute approximate surface area is 177 Å². The molecule has 0 fully saturated rings. The second kappa shape index (κ2) is 8.66. The Bertz CT molecular complexity index is 1070. The number of esters is 1. The third-order valence-electron chi connectivity index (χ3n) is 5.08. The monoisotopic (exact) mass is 426 g/mol. The predicted octanol–water partition coefficient (Wildman–Crippen LogP) is 2.80. The standard InChI is InChI=1S/C21H22N4O4S/c1-29-19(27)9-8-18(26)25-21-24-15-7-6-13(11-17(15)30-21)22-20(28)16-10-12-4-2-3-5-14(12)23-16/h2-5,10,13,23H,6-9,11H2,1H3,(H,22,28)(H,24,25,26)/t13-/m0/s1. The number of ether oxygens (including phenoxy) is 1. The Balaban J connectivity index is 1.35. The van der Waals surface area contributed by atoms with Gasteiger partial charge in [-0.15, -0.1) is 11.3 Å². The minimum Gasteiger partial charge on any atom is -0.469 e. The number of fused-ring (bicyclic) bond motifs is 2. The van der Waals surface area contributed by atoms with Crippen molar-refractivity contribution >= 4 is 45.2 Å². The van der Waals surface area contributed by atoms with Crippen LogP contribution in [-0.4, -0.2) is 40.9 Å². The Hall–Kier alpha value is -3.20. The van der Waals surface area contributed by atoms with Crippen LogP contribution in [0.15, 0.2) is 30.3 Å². The molecular formula is C21H22N4O4S. The van der Waals surface area contributed by atoms with Gasteiger partial charge < -0.3 is 20.4 Å². The molecule has 3 aromatic rings. The average molecular weight is 426 g/mol. The molecule has 2 amide bonds. The zero-order valence-electron chi connectivity index (χ0n) is 16.5. The van der Waals surface area contributed by atoms with Crippen LogP contribution in [0.2, 0.25) is 0 Å². The number of aromatic nitrogens is 2. The van der Waals surface area contributed by atoms with Crippen LogP contribution in [0.1, 0.15) is 40.3 Å². The number of methoxy groups -OCH3 is 1. The number of hydrogen-bond acceptors (Lipinski definition) is 6. The largest absolute Gasteiger partial charge is 0.469 e. The molecule has 0 saturated carbocycles. The van der Waals surface area contributed by atoms with E-state index in [1.807, 2.05) is 30.3 Å². The molecule has 30 heavy (non-hydrogen) atoms. The molecule has 156 valence electrons. The molecule has 1 atom stereocenters. The zero-order valence-corrected chi connectivity index (χ0v) is 17.3. The summed E-state index contributed by atoms with van der Waals surface area (Å²) in [5.41, 5.74) is 2.44. The quantitative estimate of drug-likeness (QED) is 0.525. The number of anilines is 1. The first-order valence-corrected chi connectivity index (χ1v) is 10.6. The van der Waals surface area contributed by atoms with E-state index in [1.165, 1.54) is 18.4 Å². The number of rotatable bonds is 6. The molecule has 4 rings (SSSR count). The highest BCUT2D eigenvalue weighted by Gasteiger charge is 2.25. The van der Waals surface area contributed by atoms with Crippen molar-refractivity contribution in [1.29, 1.82) is 0 Å². The minimum atomic E-state index is -0.419. The topological polar surface area (TPSA) is 113 Å². The van der Waals surface area contributed by atoms with Crippen molar-refractivity contribution in [2.75, 3.05) is 12.4 Å². The number of benzene rings is 1. The number of hydrogen-bond donors (Lipinski definition) is 3. The van der Waals surface area contributed by atoms with Gasteiger partial charge in [-0.3, -0.25) is 14.4 Å². The number of aryl methyl sites for hydroxylation is 1. The number of thiazole rings is 1. The molecule has 1 aromatic carbocycles. The van der Waals surface area contributed by atoms with Crippen molar-refractivity contribution in [2.45, 2.75) is 38.1 Å². The molecular weight excluding hydrogens is 404 g/mol. The highest BCUT2D eigenvalue weighted by Crippen LogP contribution is 2.30. The maximum atomic E-state index is 12.6. The fraction of sp³-hybridized carbons (Fsp3) is 0.333. The van der Waals surface area contributed by atoms with Gasteiger partial charge in [0.2, 0.25) is 5.91 Å². The molecule has 0 radical (unpaired) electrons. The van der Waals surface area contributed by atoms with E-state index in [1.54, 1.807) is 0 Å². The van der Waals surface area contributed by atoms with E-state index in [4.69, 9.17) is 0 Å². The summed E-state index contributed by atoms with van der Waals surface area (Å²) in [6.45, 7) is 0. The van der Waals surface area contributed by atoms with E-state index in [-0.39, 0.29) is 30.7 Å². The van der Waals surface area contributed by atoms with Gasteiger partial charge in [0.25, 0.3) is 5.91 Å². The molecule has 0 saturated heterocycles. The lowest BCUT2D eigenvalue weighted by Gasteiger charge is -2.22. The number of amides is 2. The average Bonchev–Trinajstić information content (AvgIpc) is 3.35.